The van der Waals surface area contributed by atoms with Gasteiger partial charge in [0.2, 0.25) is 11.9 Å². The second-order valence-corrected chi connectivity index (χ2v) is 6.98. The Morgan fingerprint density at radius 1 is 1.28 bits per heavy atom. The van der Waals surface area contributed by atoms with E-state index in [1.165, 1.54) is 17.0 Å². The maximum Gasteiger partial charge on any atom is 0.410 e. The lowest BCUT2D eigenvalue weighted by Gasteiger charge is -2.33. The minimum Gasteiger partial charge on any atom is -0.449 e. The fourth-order valence-electron chi connectivity index (χ4n) is 3.51. The highest BCUT2D eigenvalue weighted by Gasteiger charge is 2.33. The molecule has 7 nitrogen and oxygen atoms in total. The van der Waals surface area contributed by atoms with Crippen LogP contribution in [0.2, 0.25) is 0 Å². The van der Waals surface area contributed by atoms with Crippen molar-refractivity contribution in [2.75, 3.05) is 18.5 Å². The van der Waals surface area contributed by atoms with E-state index >= 15 is 0 Å². The molecule has 1 fully saturated rings. The predicted molar refractivity (Wildman–Crippen MR) is 106 cm³/mol. The van der Waals surface area contributed by atoms with Gasteiger partial charge in [-0.25, -0.2) is 14.2 Å². The monoisotopic (exact) mass is 396 g/mol. The zero-order chi connectivity index (χ0) is 20.4. The van der Waals surface area contributed by atoms with Crippen LogP contribution in [0.1, 0.15) is 12.0 Å². The summed E-state index contributed by atoms with van der Waals surface area (Å²) in [6, 6.07) is 13.0. The van der Waals surface area contributed by atoms with E-state index in [1.807, 2.05) is 30.3 Å². The Hall–Kier alpha value is -3.42. The molecular formula is C21H21FN4O3. The Morgan fingerprint density at radius 2 is 2.07 bits per heavy atom. The molecule has 0 saturated carbocycles. The van der Waals surface area contributed by atoms with E-state index in [9.17, 15) is 14.0 Å². The van der Waals surface area contributed by atoms with Crippen LogP contribution in [0, 0.1) is 5.82 Å². The van der Waals surface area contributed by atoms with E-state index in [0.717, 1.165) is 5.56 Å². The zero-order valence-corrected chi connectivity index (χ0v) is 16.0. The molecule has 1 aliphatic rings. The van der Waals surface area contributed by atoms with Crippen LogP contribution in [0.25, 0.3) is 11.0 Å². The second kappa shape index (κ2) is 7.90. The van der Waals surface area contributed by atoms with Gasteiger partial charge < -0.3 is 9.30 Å². The van der Waals surface area contributed by atoms with Gasteiger partial charge in [-0.05, 0) is 24.1 Å². The maximum absolute atomic E-state index is 13.5. The van der Waals surface area contributed by atoms with Crippen LogP contribution < -0.4 is 5.32 Å². The third-order valence-corrected chi connectivity index (χ3v) is 5.03. The summed E-state index contributed by atoms with van der Waals surface area (Å²) in [6.45, 7) is 0.794. The SMILES string of the molecule is Cn1c(NC(=O)C(Cc2ccccc2)N2CCCOC2=O)nc2cc(F)ccc21. The molecule has 2 aromatic carbocycles. The van der Waals surface area contributed by atoms with Gasteiger partial charge in [-0.3, -0.25) is 15.0 Å². The fourth-order valence-corrected chi connectivity index (χ4v) is 3.51. The summed E-state index contributed by atoms with van der Waals surface area (Å²) in [4.78, 5) is 31.2. The number of ether oxygens (including phenoxy) is 1. The molecule has 1 unspecified atom stereocenters. The highest BCUT2D eigenvalue weighted by molar-refractivity contribution is 5.97. The summed E-state index contributed by atoms with van der Waals surface area (Å²) in [5.41, 5.74) is 2.07. The topological polar surface area (TPSA) is 76.5 Å². The Morgan fingerprint density at radius 3 is 2.83 bits per heavy atom. The number of carbonyl (C=O) groups is 2. The lowest BCUT2D eigenvalue weighted by Crippen LogP contribution is -2.51. The van der Waals surface area contributed by atoms with Gasteiger partial charge in [-0.2, -0.15) is 0 Å². The highest BCUT2D eigenvalue weighted by Crippen LogP contribution is 2.21. The standard InChI is InChI=1S/C21H21FN4O3/c1-25-17-9-8-15(22)13-16(17)23-20(25)24-19(27)18(12-14-6-3-2-4-7-14)26-10-5-11-29-21(26)28/h2-4,6-9,13,18H,5,10-12H2,1H3,(H,23,24,27). The molecule has 0 aliphatic carbocycles. The van der Waals surface area contributed by atoms with Crippen LogP contribution in [0.4, 0.5) is 15.1 Å². The number of anilines is 1. The number of carbonyl (C=O) groups excluding carboxylic acids is 2. The summed E-state index contributed by atoms with van der Waals surface area (Å²) < 4.78 is 20.3. The lowest BCUT2D eigenvalue weighted by molar-refractivity contribution is -0.121. The molecule has 3 aromatic rings. The van der Waals surface area contributed by atoms with Crippen molar-refractivity contribution in [1.82, 2.24) is 14.5 Å². The smallest absolute Gasteiger partial charge is 0.410 e. The average Bonchev–Trinajstić information content (AvgIpc) is 3.02. The molecule has 2 heterocycles. The van der Waals surface area contributed by atoms with E-state index < -0.39 is 18.0 Å². The van der Waals surface area contributed by atoms with Gasteiger partial charge in [0.05, 0.1) is 17.6 Å². The number of nitrogens with one attached hydrogen (secondary N) is 1. The first-order chi connectivity index (χ1) is 14.0. The van der Waals surface area contributed by atoms with Crippen molar-refractivity contribution in [3.8, 4) is 0 Å². The van der Waals surface area contributed by atoms with Crippen molar-refractivity contribution >= 4 is 29.0 Å². The van der Waals surface area contributed by atoms with Gasteiger partial charge in [0.1, 0.15) is 11.9 Å². The van der Waals surface area contributed by atoms with Gasteiger partial charge in [-0.1, -0.05) is 30.3 Å². The van der Waals surface area contributed by atoms with E-state index in [4.69, 9.17) is 4.74 Å². The number of halogens is 1. The molecule has 1 aliphatic heterocycles. The van der Waals surface area contributed by atoms with Crippen molar-refractivity contribution in [2.24, 2.45) is 7.05 Å². The Kier molecular flexibility index (Phi) is 5.16. The predicted octanol–water partition coefficient (Wildman–Crippen LogP) is 3.10. The third kappa shape index (κ3) is 3.91. The number of benzene rings is 2. The van der Waals surface area contributed by atoms with Gasteiger partial charge in [0, 0.05) is 26.1 Å². The summed E-state index contributed by atoms with van der Waals surface area (Å²) in [5, 5.41) is 2.80. The molecule has 1 N–H and O–H groups in total. The van der Waals surface area contributed by atoms with Crippen molar-refractivity contribution < 1.29 is 18.7 Å². The van der Waals surface area contributed by atoms with E-state index in [0.29, 0.717) is 43.0 Å². The number of imidazole rings is 1. The third-order valence-electron chi connectivity index (χ3n) is 5.03. The molecule has 8 heteroatoms. The fraction of sp³-hybridized carbons (Fsp3) is 0.286. The first-order valence-electron chi connectivity index (χ1n) is 9.43. The van der Waals surface area contributed by atoms with Crippen LogP contribution >= 0.6 is 0 Å². The van der Waals surface area contributed by atoms with Crippen molar-refractivity contribution in [2.45, 2.75) is 18.9 Å². The Balaban J connectivity index is 1.62. The quantitative estimate of drug-likeness (QED) is 0.719. The lowest BCUT2D eigenvalue weighted by atomic mass is 10.0. The minimum absolute atomic E-state index is 0.291. The van der Waals surface area contributed by atoms with Crippen LogP contribution in [-0.2, 0) is 23.0 Å². The minimum atomic E-state index is -0.748. The number of hydrogen-bond acceptors (Lipinski definition) is 4. The molecule has 2 amide bonds. The first kappa shape index (κ1) is 18.9. The molecule has 1 atom stereocenters. The maximum atomic E-state index is 13.5. The average molecular weight is 396 g/mol. The number of fused-ring (bicyclic) bond motifs is 1. The summed E-state index contributed by atoms with van der Waals surface area (Å²) >= 11 is 0. The molecule has 4 rings (SSSR count). The van der Waals surface area contributed by atoms with Crippen molar-refractivity contribution in [1.29, 1.82) is 0 Å². The molecule has 1 aromatic heterocycles. The van der Waals surface area contributed by atoms with Gasteiger partial charge >= 0.3 is 6.09 Å². The number of rotatable bonds is 5. The second-order valence-electron chi connectivity index (χ2n) is 6.98. The van der Waals surface area contributed by atoms with Crippen LogP contribution in [0.15, 0.2) is 48.5 Å². The summed E-state index contributed by atoms with van der Waals surface area (Å²) in [7, 11) is 1.74. The van der Waals surface area contributed by atoms with Gasteiger partial charge in [0.15, 0.2) is 0 Å². The number of aromatic nitrogens is 2. The Bertz CT molecular complexity index is 1050. The molecule has 0 spiro atoms. The molecule has 1 saturated heterocycles. The molecule has 29 heavy (non-hydrogen) atoms. The summed E-state index contributed by atoms with van der Waals surface area (Å²) in [6.07, 6.45) is 0.510. The van der Waals surface area contributed by atoms with Gasteiger partial charge in [0.25, 0.3) is 0 Å². The van der Waals surface area contributed by atoms with E-state index in [1.54, 1.807) is 17.7 Å². The normalized spacial score (nSPS) is 15.2. The largest absolute Gasteiger partial charge is 0.449 e. The molecule has 0 bridgehead atoms. The Labute approximate surface area is 167 Å². The number of cyclic esters (lactones) is 1. The first-order valence-corrected chi connectivity index (χ1v) is 9.43. The van der Waals surface area contributed by atoms with Crippen LogP contribution in [-0.4, -0.2) is 45.6 Å². The number of aryl methyl sites for hydroxylation is 1. The van der Waals surface area contributed by atoms with E-state index in [2.05, 4.69) is 10.3 Å². The van der Waals surface area contributed by atoms with Crippen LogP contribution in [0.5, 0.6) is 0 Å². The molecule has 150 valence electrons. The summed E-state index contributed by atoms with van der Waals surface area (Å²) in [5.74, 6) is -0.475. The molecular weight excluding hydrogens is 375 g/mol. The van der Waals surface area contributed by atoms with Crippen molar-refractivity contribution in [3.05, 3.63) is 59.9 Å². The van der Waals surface area contributed by atoms with Crippen molar-refractivity contribution in [3.63, 3.8) is 0 Å². The molecule has 0 radical (unpaired) electrons. The highest BCUT2D eigenvalue weighted by atomic mass is 19.1. The number of hydrogen-bond donors (Lipinski definition) is 1. The number of nitrogens with zero attached hydrogens (tertiary/aromatic N) is 3. The zero-order valence-electron chi connectivity index (χ0n) is 16.0. The number of amides is 2. The van der Waals surface area contributed by atoms with E-state index in [-0.39, 0.29) is 5.91 Å². The van der Waals surface area contributed by atoms with Gasteiger partial charge in [-0.15, -0.1) is 0 Å². The van der Waals surface area contributed by atoms with Crippen LogP contribution in [0.3, 0.4) is 0 Å².